The van der Waals surface area contributed by atoms with Crippen LogP contribution < -0.4 is 10.2 Å². The molecular weight excluding hydrogens is 489 g/mol. The minimum atomic E-state index is -1.31. The first-order valence-corrected chi connectivity index (χ1v) is 13.7. The van der Waals surface area contributed by atoms with Crippen LogP contribution in [0.15, 0.2) is 24.5 Å². The first-order chi connectivity index (χ1) is 18.4. The summed E-state index contributed by atoms with van der Waals surface area (Å²) in [5.74, 6) is 2.55. The molecule has 3 fully saturated rings. The van der Waals surface area contributed by atoms with Gasteiger partial charge in [0.15, 0.2) is 6.29 Å². The molecular formula is C27H36FN7O3. The van der Waals surface area contributed by atoms with Crippen LogP contribution in [0.3, 0.4) is 0 Å². The lowest BCUT2D eigenvalue weighted by atomic mass is 9.85. The van der Waals surface area contributed by atoms with Gasteiger partial charge in [-0.1, -0.05) is 0 Å². The van der Waals surface area contributed by atoms with Crippen LogP contribution in [-0.2, 0) is 16.1 Å². The van der Waals surface area contributed by atoms with Crippen molar-refractivity contribution >= 4 is 28.6 Å². The fraction of sp³-hybridized carbons (Fsp3) is 0.630. The molecule has 0 spiro atoms. The first kappa shape index (κ1) is 25.4. The van der Waals surface area contributed by atoms with Gasteiger partial charge in [-0.3, -0.25) is 0 Å². The minimum Gasteiger partial charge on any atom is -0.386 e. The maximum Gasteiger partial charge on any atom is 0.227 e. The van der Waals surface area contributed by atoms with Crippen LogP contribution in [-0.4, -0.2) is 67.4 Å². The third kappa shape index (κ3) is 5.06. The molecule has 2 aliphatic heterocycles. The van der Waals surface area contributed by atoms with Crippen molar-refractivity contribution in [1.82, 2.24) is 24.5 Å². The normalized spacial score (nSPS) is 26.3. The fourth-order valence-corrected chi connectivity index (χ4v) is 5.64. The zero-order chi connectivity index (χ0) is 26.3. The van der Waals surface area contributed by atoms with Crippen LogP contribution in [0.5, 0.6) is 0 Å². The number of pyridine rings is 1. The van der Waals surface area contributed by atoms with Crippen molar-refractivity contribution in [3.63, 3.8) is 0 Å². The van der Waals surface area contributed by atoms with Crippen LogP contribution >= 0.6 is 0 Å². The summed E-state index contributed by atoms with van der Waals surface area (Å²) in [7, 11) is 0. The van der Waals surface area contributed by atoms with Crippen LogP contribution in [0.4, 0.5) is 22.0 Å². The standard InChI is InChI=1S/C27H36FN7O3/c1-17(2)35-20-13-23(30-14-19(20)31-24(35)16-38-25-5-3-4-12-37-25)32-22-8-10-29-26(33-22)34-11-9-27(36,18-6-7-18)21(28)15-34/h8,10,13-14,17-18,21,25,36H,3-7,9,11-12,15-16H2,1-2H3,(H,29,30,32,33)/t21-,25?,27-/m1/s1. The number of rotatable bonds is 8. The van der Waals surface area contributed by atoms with Crippen molar-refractivity contribution in [3.8, 4) is 0 Å². The van der Waals surface area contributed by atoms with Gasteiger partial charge in [0.25, 0.3) is 0 Å². The summed E-state index contributed by atoms with van der Waals surface area (Å²) in [6, 6.07) is 3.89. The lowest BCUT2D eigenvalue weighted by Crippen LogP contribution is -2.55. The Bertz CT molecular complexity index is 1280. The highest BCUT2D eigenvalue weighted by atomic mass is 19.1. The predicted octanol–water partition coefficient (Wildman–Crippen LogP) is 4.28. The smallest absolute Gasteiger partial charge is 0.227 e. The molecule has 10 nitrogen and oxygen atoms in total. The third-order valence-corrected chi connectivity index (χ3v) is 7.87. The molecule has 0 aromatic carbocycles. The van der Waals surface area contributed by atoms with Crippen molar-refractivity contribution in [2.45, 2.75) is 83.1 Å². The summed E-state index contributed by atoms with van der Waals surface area (Å²) in [4.78, 5) is 20.1. The van der Waals surface area contributed by atoms with Gasteiger partial charge in [-0.15, -0.1) is 0 Å². The molecule has 204 valence electrons. The van der Waals surface area contributed by atoms with E-state index in [-0.39, 0.29) is 24.8 Å². The van der Waals surface area contributed by atoms with Gasteiger partial charge in [-0.25, -0.2) is 19.3 Å². The van der Waals surface area contributed by atoms with E-state index in [1.54, 1.807) is 23.4 Å². The molecule has 2 saturated heterocycles. The number of ether oxygens (including phenoxy) is 2. The largest absolute Gasteiger partial charge is 0.386 e. The highest BCUT2D eigenvalue weighted by Crippen LogP contribution is 2.46. The summed E-state index contributed by atoms with van der Waals surface area (Å²) >= 11 is 0. The quantitative estimate of drug-likeness (QED) is 0.445. The lowest BCUT2D eigenvalue weighted by molar-refractivity contribution is -0.170. The summed E-state index contributed by atoms with van der Waals surface area (Å²) in [5, 5.41) is 14.0. The number of aromatic nitrogens is 5. The molecule has 1 saturated carbocycles. The van der Waals surface area contributed by atoms with Crippen molar-refractivity contribution in [2.75, 3.05) is 29.9 Å². The number of hydrogen-bond donors (Lipinski definition) is 2. The van der Waals surface area contributed by atoms with Crippen LogP contribution in [0.1, 0.15) is 64.2 Å². The maximum atomic E-state index is 14.9. The third-order valence-electron chi connectivity index (χ3n) is 7.87. The second kappa shape index (κ2) is 10.3. The Hall–Kier alpha value is -2.89. The number of halogens is 1. The van der Waals surface area contributed by atoms with Crippen LogP contribution in [0, 0.1) is 5.92 Å². The van der Waals surface area contributed by atoms with Crippen molar-refractivity contribution < 1.29 is 19.0 Å². The van der Waals surface area contributed by atoms with Crippen molar-refractivity contribution in [1.29, 1.82) is 0 Å². The van der Waals surface area contributed by atoms with Gasteiger partial charge in [-0.2, -0.15) is 4.98 Å². The number of imidazole rings is 1. The Morgan fingerprint density at radius 2 is 2.08 bits per heavy atom. The van der Waals surface area contributed by atoms with Gasteiger partial charge in [0.1, 0.15) is 41.4 Å². The van der Waals surface area contributed by atoms with Gasteiger partial charge in [0.2, 0.25) is 5.95 Å². The summed E-state index contributed by atoms with van der Waals surface area (Å²) in [5.41, 5.74) is 0.533. The number of hydrogen-bond acceptors (Lipinski definition) is 9. The molecule has 3 aromatic rings. The molecule has 2 N–H and O–H groups in total. The van der Waals surface area contributed by atoms with E-state index in [9.17, 15) is 9.50 Å². The number of aliphatic hydroxyl groups is 1. The highest BCUT2D eigenvalue weighted by molar-refractivity contribution is 5.79. The van der Waals surface area contributed by atoms with Gasteiger partial charge in [0, 0.05) is 31.5 Å². The number of fused-ring (bicyclic) bond motifs is 1. The van der Waals surface area contributed by atoms with Gasteiger partial charge in [0.05, 0.1) is 18.3 Å². The highest BCUT2D eigenvalue weighted by Gasteiger charge is 2.52. The van der Waals surface area contributed by atoms with E-state index in [0.29, 0.717) is 37.2 Å². The van der Waals surface area contributed by atoms with E-state index in [2.05, 4.69) is 38.7 Å². The van der Waals surface area contributed by atoms with E-state index in [1.807, 2.05) is 6.07 Å². The number of anilines is 3. The van der Waals surface area contributed by atoms with Gasteiger partial charge < -0.3 is 29.4 Å². The molecule has 0 bridgehead atoms. The monoisotopic (exact) mass is 525 g/mol. The van der Waals surface area contributed by atoms with Crippen molar-refractivity contribution in [3.05, 3.63) is 30.4 Å². The summed E-state index contributed by atoms with van der Waals surface area (Å²) < 4.78 is 28.8. The average Bonchev–Trinajstić information content (AvgIpc) is 3.71. The molecule has 38 heavy (non-hydrogen) atoms. The molecule has 3 aromatic heterocycles. The summed E-state index contributed by atoms with van der Waals surface area (Å²) in [6.45, 7) is 5.96. The van der Waals surface area contributed by atoms with Crippen molar-refractivity contribution in [2.24, 2.45) is 5.92 Å². The Labute approximate surface area is 221 Å². The molecule has 5 heterocycles. The molecule has 6 rings (SSSR count). The summed E-state index contributed by atoms with van der Waals surface area (Å²) in [6.07, 6.45) is 7.21. The van der Waals surface area contributed by atoms with Gasteiger partial charge >= 0.3 is 0 Å². The molecule has 1 unspecified atom stereocenters. The van der Waals surface area contributed by atoms with Gasteiger partial charge in [-0.05, 0) is 64.4 Å². The molecule has 3 atom stereocenters. The minimum absolute atomic E-state index is 0.0847. The topological polar surface area (TPSA) is 110 Å². The second-order valence-corrected chi connectivity index (χ2v) is 11.0. The van der Waals surface area contributed by atoms with E-state index in [0.717, 1.165) is 55.6 Å². The number of nitrogens with zero attached hydrogens (tertiary/aromatic N) is 6. The maximum absolute atomic E-state index is 14.9. The van der Waals surface area contributed by atoms with Crippen LogP contribution in [0.25, 0.3) is 11.0 Å². The number of alkyl halides is 1. The number of piperidine rings is 1. The lowest BCUT2D eigenvalue weighted by Gasteiger charge is -2.41. The van der Waals surface area contributed by atoms with E-state index in [4.69, 9.17) is 14.5 Å². The molecule has 11 heteroatoms. The van der Waals surface area contributed by atoms with E-state index >= 15 is 0 Å². The zero-order valence-electron chi connectivity index (χ0n) is 22.0. The van der Waals surface area contributed by atoms with E-state index < -0.39 is 11.8 Å². The Morgan fingerprint density at radius 3 is 2.82 bits per heavy atom. The first-order valence-electron chi connectivity index (χ1n) is 13.7. The predicted molar refractivity (Wildman–Crippen MR) is 141 cm³/mol. The number of nitrogens with one attached hydrogen (secondary N) is 1. The SMILES string of the molecule is CC(C)n1c(COC2CCCCO2)nc2cnc(Nc3ccnc(N4CC[C@@](O)(C5CC5)[C@H](F)C4)n3)cc21. The van der Waals surface area contributed by atoms with E-state index in [1.165, 1.54) is 0 Å². The Balaban J connectivity index is 1.18. The Kier molecular flexibility index (Phi) is 6.92. The molecule has 3 aliphatic rings. The average molecular weight is 526 g/mol. The molecule has 1 aliphatic carbocycles. The second-order valence-electron chi connectivity index (χ2n) is 11.0. The molecule has 0 amide bonds. The van der Waals surface area contributed by atoms with Crippen LogP contribution in [0.2, 0.25) is 0 Å². The molecule has 0 radical (unpaired) electrons. The Morgan fingerprint density at radius 1 is 1.21 bits per heavy atom. The fourth-order valence-electron chi connectivity index (χ4n) is 5.64. The zero-order valence-corrected chi connectivity index (χ0v) is 22.0.